The zero-order valence-electron chi connectivity index (χ0n) is 11.9. The zero-order valence-corrected chi connectivity index (χ0v) is 11.9. The second kappa shape index (κ2) is 5.17. The van der Waals surface area contributed by atoms with Crippen LogP contribution in [0.25, 0.3) is 0 Å². The fourth-order valence-corrected chi connectivity index (χ4v) is 3.47. The summed E-state index contributed by atoms with van der Waals surface area (Å²) >= 11 is 0. The molecule has 108 valence electrons. The number of benzene rings is 1. The first kappa shape index (κ1) is 13.6. The Balaban J connectivity index is 1.77. The molecule has 0 atom stereocenters. The van der Waals surface area contributed by atoms with Crippen molar-refractivity contribution in [1.82, 2.24) is 10.2 Å². The van der Waals surface area contributed by atoms with E-state index in [4.69, 9.17) is 0 Å². The van der Waals surface area contributed by atoms with Gasteiger partial charge < -0.3 is 10.2 Å². The Hall–Kier alpha value is -1.42. The summed E-state index contributed by atoms with van der Waals surface area (Å²) in [6, 6.07) is 4.45. The molecule has 0 saturated carbocycles. The van der Waals surface area contributed by atoms with Gasteiger partial charge >= 0.3 is 0 Å². The quantitative estimate of drug-likeness (QED) is 0.854. The predicted octanol–water partition coefficient (Wildman–Crippen LogP) is 2.35. The highest BCUT2D eigenvalue weighted by atomic mass is 19.1. The molecule has 0 unspecified atom stereocenters. The molecule has 0 aromatic heterocycles. The van der Waals surface area contributed by atoms with Crippen molar-refractivity contribution in [3.63, 3.8) is 0 Å². The number of halogens is 1. The lowest BCUT2D eigenvalue weighted by molar-refractivity contribution is 0.0760. The number of carbonyl (C=O) groups is 1. The second-order valence-electron chi connectivity index (χ2n) is 6.19. The third kappa shape index (κ3) is 2.44. The molecular formula is C16H21FN2O. The van der Waals surface area contributed by atoms with E-state index in [0.717, 1.165) is 51.0 Å². The third-order valence-electron chi connectivity index (χ3n) is 4.82. The van der Waals surface area contributed by atoms with Crippen LogP contribution in [0, 0.1) is 18.2 Å². The largest absolute Gasteiger partial charge is 0.338 e. The molecule has 4 heteroatoms. The van der Waals surface area contributed by atoms with Crippen LogP contribution in [0.3, 0.4) is 0 Å². The number of carbonyl (C=O) groups excluding carboxylic acids is 1. The molecule has 1 N–H and O–H groups in total. The van der Waals surface area contributed by atoms with Gasteiger partial charge in [-0.1, -0.05) is 6.07 Å². The first-order valence-corrected chi connectivity index (χ1v) is 7.36. The van der Waals surface area contributed by atoms with Gasteiger partial charge in [0.2, 0.25) is 0 Å². The first-order chi connectivity index (χ1) is 9.60. The highest BCUT2D eigenvalue weighted by molar-refractivity contribution is 5.95. The fourth-order valence-electron chi connectivity index (χ4n) is 3.47. The molecule has 0 aliphatic carbocycles. The van der Waals surface area contributed by atoms with E-state index in [1.807, 2.05) is 11.8 Å². The van der Waals surface area contributed by atoms with Gasteiger partial charge in [0, 0.05) is 18.7 Å². The highest BCUT2D eigenvalue weighted by Gasteiger charge is 2.40. The lowest BCUT2D eigenvalue weighted by atomic mass is 9.78. The number of aryl methyl sites for hydroxylation is 1. The van der Waals surface area contributed by atoms with Crippen molar-refractivity contribution in [2.75, 3.05) is 26.2 Å². The number of hydrogen-bond donors (Lipinski definition) is 1. The number of nitrogens with zero attached hydrogens (tertiary/aromatic N) is 1. The molecule has 1 aromatic carbocycles. The maximum atomic E-state index is 13.4. The Morgan fingerprint density at radius 1 is 1.30 bits per heavy atom. The van der Waals surface area contributed by atoms with E-state index in [2.05, 4.69) is 5.32 Å². The molecular weight excluding hydrogens is 255 g/mol. The number of likely N-dealkylation sites (tertiary alicyclic amines) is 1. The van der Waals surface area contributed by atoms with E-state index in [1.54, 1.807) is 6.07 Å². The van der Waals surface area contributed by atoms with E-state index in [1.165, 1.54) is 12.1 Å². The van der Waals surface area contributed by atoms with Crippen LogP contribution in [0.2, 0.25) is 0 Å². The summed E-state index contributed by atoms with van der Waals surface area (Å²) < 4.78 is 13.4. The minimum Gasteiger partial charge on any atom is -0.338 e. The summed E-state index contributed by atoms with van der Waals surface area (Å²) in [5.74, 6) is -0.355. The third-order valence-corrected chi connectivity index (χ3v) is 4.82. The molecule has 3 nitrogen and oxygen atoms in total. The average Bonchev–Trinajstić information content (AvgIpc) is 2.85. The maximum Gasteiger partial charge on any atom is 0.254 e. The Morgan fingerprint density at radius 2 is 2.05 bits per heavy atom. The molecule has 1 spiro atoms. The Morgan fingerprint density at radius 3 is 2.80 bits per heavy atom. The number of nitrogens with one attached hydrogen (secondary N) is 1. The summed E-state index contributed by atoms with van der Waals surface area (Å²) in [6.07, 6.45) is 3.35. The molecule has 1 aromatic rings. The van der Waals surface area contributed by atoms with Crippen molar-refractivity contribution in [3.05, 3.63) is 35.1 Å². The summed E-state index contributed by atoms with van der Waals surface area (Å²) in [5.41, 5.74) is 1.65. The van der Waals surface area contributed by atoms with Gasteiger partial charge in [-0.25, -0.2) is 4.39 Å². The maximum absolute atomic E-state index is 13.4. The number of piperidine rings is 1. The zero-order chi connectivity index (χ0) is 14.2. The molecule has 2 aliphatic heterocycles. The summed E-state index contributed by atoms with van der Waals surface area (Å²) in [7, 11) is 0. The molecule has 0 bridgehead atoms. The van der Waals surface area contributed by atoms with Gasteiger partial charge in [0.15, 0.2) is 0 Å². The molecule has 2 heterocycles. The van der Waals surface area contributed by atoms with Crippen molar-refractivity contribution >= 4 is 5.91 Å². The Bertz CT molecular complexity index is 523. The lowest BCUT2D eigenvalue weighted by Crippen LogP contribution is -2.39. The Labute approximate surface area is 119 Å². The molecule has 1 amide bonds. The van der Waals surface area contributed by atoms with Gasteiger partial charge in [0.1, 0.15) is 5.82 Å². The average molecular weight is 276 g/mol. The minimum absolute atomic E-state index is 0.0163. The van der Waals surface area contributed by atoms with Crippen molar-refractivity contribution in [2.24, 2.45) is 5.41 Å². The summed E-state index contributed by atoms with van der Waals surface area (Å²) in [5, 5.41) is 3.38. The van der Waals surface area contributed by atoms with Crippen molar-refractivity contribution in [2.45, 2.75) is 26.2 Å². The van der Waals surface area contributed by atoms with E-state index in [9.17, 15) is 9.18 Å². The van der Waals surface area contributed by atoms with Crippen LogP contribution >= 0.6 is 0 Å². The van der Waals surface area contributed by atoms with Gasteiger partial charge in [0.05, 0.1) is 0 Å². The van der Waals surface area contributed by atoms with Crippen LogP contribution in [-0.4, -0.2) is 37.0 Å². The van der Waals surface area contributed by atoms with Crippen molar-refractivity contribution in [3.8, 4) is 0 Å². The van der Waals surface area contributed by atoms with Crippen LogP contribution in [0.4, 0.5) is 4.39 Å². The summed E-state index contributed by atoms with van der Waals surface area (Å²) in [4.78, 5) is 14.5. The SMILES string of the molecule is Cc1ccc(F)cc1C(=O)N1CCC2(CCNCC2)C1. The second-order valence-corrected chi connectivity index (χ2v) is 6.19. The smallest absolute Gasteiger partial charge is 0.254 e. The lowest BCUT2D eigenvalue weighted by Gasteiger charge is -2.33. The molecule has 2 fully saturated rings. The van der Waals surface area contributed by atoms with E-state index < -0.39 is 0 Å². The van der Waals surface area contributed by atoms with Crippen LogP contribution in [0.5, 0.6) is 0 Å². The topological polar surface area (TPSA) is 32.3 Å². The molecule has 2 aliphatic rings. The molecule has 20 heavy (non-hydrogen) atoms. The van der Waals surface area contributed by atoms with Crippen LogP contribution in [0.1, 0.15) is 35.2 Å². The van der Waals surface area contributed by atoms with Crippen molar-refractivity contribution in [1.29, 1.82) is 0 Å². The standard InChI is InChI=1S/C16H21FN2O/c1-12-2-3-13(17)10-14(12)15(20)19-9-6-16(11-19)4-7-18-8-5-16/h2-3,10,18H,4-9,11H2,1H3. The number of hydrogen-bond acceptors (Lipinski definition) is 2. The monoisotopic (exact) mass is 276 g/mol. The van der Waals surface area contributed by atoms with Crippen LogP contribution in [0.15, 0.2) is 18.2 Å². The van der Waals surface area contributed by atoms with Gasteiger partial charge in [-0.05, 0) is 62.4 Å². The van der Waals surface area contributed by atoms with Gasteiger partial charge in [-0.15, -0.1) is 0 Å². The van der Waals surface area contributed by atoms with Gasteiger partial charge in [-0.3, -0.25) is 4.79 Å². The van der Waals surface area contributed by atoms with Gasteiger partial charge in [0.25, 0.3) is 5.91 Å². The predicted molar refractivity (Wildman–Crippen MR) is 76.2 cm³/mol. The summed E-state index contributed by atoms with van der Waals surface area (Å²) in [6.45, 7) is 5.57. The fraction of sp³-hybridized carbons (Fsp3) is 0.562. The van der Waals surface area contributed by atoms with Crippen LogP contribution < -0.4 is 5.32 Å². The molecule has 0 radical (unpaired) electrons. The van der Waals surface area contributed by atoms with Crippen molar-refractivity contribution < 1.29 is 9.18 Å². The van der Waals surface area contributed by atoms with E-state index >= 15 is 0 Å². The van der Waals surface area contributed by atoms with Gasteiger partial charge in [-0.2, -0.15) is 0 Å². The molecule has 3 rings (SSSR count). The Kier molecular flexibility index (Phi) is 3.50. The highest BCUT2D eigenvalue weighted by Crippen LogP contribution is 2.39. The van der Waals surface area contributed by atoms with E-state index in [-0.39, 0.29) is 11.7 Å². The number of rotatable bonds is 1. The van der Waals surface area contributed by atoms with E-state index in [0.29, 0.717) is 11.0 Å². The first-order valence-electron chi connectivity index (χ1n) is 7.36. The molecule has 2 saturated heterocycles. The minimum atomic E-state index is -0.338. The van der Waals surface area contributed by atoms with Crippen LogP contribution in [-0.2, 0) is 0 Å². The number of amides is 1. The normalized spacial score (nSPS) is 21.4.